The first-order chi connectivity index (χ1) is 5.15. The Labute approximate surface area is 64.8 Å². The maximum atomic E-state index is 12.8. The zero-order valence-electron chi connectivity index (χ0n) is 6.26. The average Bonchev–Trinajstić information content (AvgIpc) is 1.97. The van der Waals surface area contributed by atoms with E-state index in [1.165, 1.54) is 18.2 Å². The predicted octanol–water partition coefficient (Wildman–Crippen LogP) is 2.48. The molecule has 0 unspecified atom stereocenters. The van der Waals surface area contributed by atoms with Crippen LogP contribution in [0.4, 0.5) is 4.39 Å². The summed E-state index contributed by atoms with van der Waals surface area (Å²) in [6.45, 7) is 5.04. The molecule has 1 aromatic carbocycles. The fourth-order valence-electron chi connectivity index (χ4n) is 0.845. The van der Waals surface area contributed by atoms with Crippen LogP contribution in [0.1, 0.15) is 11.1 Å². The number of phenols is 1. The molecule has 0 radical (unpaired) electrons. The molecular formula is C9H9FO. The summed E-state index contributed by atoms with van der Waals surface area (Å²) in [4.78, 5) is 0. The average molecular weight is 152 g/mol. The van der Waals surface area contributed by atoms with E-state index < -0.39 is 0 Å². The molecule has 0 aliphatic heterocycles. The summed E-state index contributed by atoms with van der Waals surface area (Å²) in [6.07, 6.45) is 1.41. The molecule has 1 rings (SSSR count). The molecular weight excluding hydrogens is 143 g/mol. The van der Waals surface area contributed by atoms with Gasteiger partial charge in [-0.3, -0.25) is 0 Å². The summed E-state index contributed by atoms with van der Waals surface area (Å²) in [6, 6.07) is 2.64. The molecule has 0 aromatic heterocycles. The lowest BCUT2D eigenvalue weighted by Crippen LogP contribution is -1.83. The Balaban J connectivity index is 3.31. The zero-order valence-corrected chi connectivity index (χ0v) is 6.26. The number of hydrogen-bond acceptors (Lipinski definition) is 1. The number of aromatic hydroxyl groups is 1. The third kappa shape index (κ3) is 1.40. The lowest BCUT2D eigenvalue weighted by atomic mass is 10.1. The Morgan fingerprint density at radius 1 is 1.55 bits per heavy atom. The van der Waals surface area contributed by atoms with Crippen LogP contribution in [-0.4, -0.2) is 5.11 Å². The van der Waals surface area contributed by atoms with Gasteiger partial charge in [-0.15, -0.1) is 0 Å². The lowest BCUT2D eigenvalue weighted by molar-refractivity contribution is 0.471. The molecule has 0 saturated heterocycles. The van der Waals surface area contributed by atoms with Gasteiger partial charge in [0, 0.05) is 5.56 Å². The molecule has 0 aliphatic carbocycles. The number of hydrogen-bond donors (Lipinski definition) is 1. The quantitative estimate of drug-likeness (QED) is 0.655. The Hall–Kier alpha value is -1.31. The van der Waals surface area contributed by atoms with E-state index in [1.54, 1.807) is 6.92 Å². The molecule has 0 fully saturated rings. The van der Waals surface area contributed by atoms with Crippen LogP contribution in [0.5, 0.6) is 5.75 Å². The first kappa shape index (κ1) is 7.79. The van der Waals surface area contributed by atoms with Crippen molar-refractivity contribution >= 4 is 6.08 Å². The summed E-state index contributed by atoms with van der Waals surface area (Å²) in [7, 11) is 0. The zero-order chi connectivity index (χ0) is 8.43. The maximum Gasteiger partial charge on any atom is 0.126 e. The molecule has 1 aromatic rings. The van der Waals surface area contributed by atoms with Crippen molar-refractivity contribution in [2.45, 2.75) is 6.92 Å². The van der Waals surface area contributed by atoms with Gasteiger partial charge < -0.3 is 5.11 Å². The van der Waals surface area contributed by atoms with Gasteiger partial charge >= 0.3 is 0 Å². The molecule has 0 aliphatic rings. The summed E-state index contributed by atoms with van der Waals surface area (Å²) >= 11 is 0. The SMILES string of the molecule is C=Cc1cc(F)c(C)cc1O. The second kappa shape index (κ2) is 2.74. The highest BCUT2D eigenvalue weighted by molar-refractivity contribution is 5.56. The van der Waals surface area contributed by atoms with Crippen molar-refractivity contribution in [2.24, 2.45) is 0 Å². The van der Waals surface area contributed by atoms with Crippen molar-refractivity contribution in [3.63, 3.8) is 0 Å². The van der Waals surface area contributed by atoms with E-state index in [0.29, 0.717) is 11.1 Å². The van der Waals surface area contributed by atoms with Crippen molar-refractivity contribution in [1.82, 2.24) is 0 Å². The molecule has 1 nitrogen and oxygen atoms in total. The van der Waals surface area contributed by atoms with E-state index in [2.05, 4.69) is 6.58 Å². The van der Waals surface area contributed by atoms with Gasteiger partial charge in [0.2, 0.25) is 0 Å². The van der Waals surface area contributed by atoms with Gasteiger partial charge in [-0.2, -0.15) is 0 Å². The lowest BCUT2D eigenvalue weighted by Gasteiger charge is -2.00. The van der Waals surface area contributed by atoms with Crippen LogP contribution in [0.15, 0.2) is 18.7 Å². The third-order valence-electron chi connectivity index (χ3n) is 1.53. The fraction of sp³-hybridized carbons (Fsp3) is 0.111. The standard InChI is InChI=1S/C9H9FO/c1-3-7-5-8(10)6(2)4-9(7)11/h3-5,11H,1H2,2H3. The second-order valence-electron chi connectivity index (χ2n) is 2.36. The van der Waals surface area contributed by atoms with Crippen LogP contribution >= 0.6 is 0 Å². The summed E-state index contributed by atoms with van der Waals surface area (Å²) in [5, 5.41) is 9.18. The second-order valence-corrected chi connectivity index (χ2v) is 2.36. The highest BCUT2D eigenvalue weighted by Gasteiger charge is 2.02. The summed E-state index contributed by atoms with van der Waals surface area (Å²) in [5.41, 5.74) is 0.862. The van der Waals surface area contributed by atoms with Crippen LogP contribution < -0.4 is 0 Å². The predicted molar refractivity (Wildman–Crippen MR) is 42.9 cm³/mol. The molecule has 2 heteroatoms. The fourth-order valence-corrected chi connectivity index (χ4v) is 0.845. The first-order valence-electron chi connectivity index (χ1n) is 3.26. The van der Waals surface area contributed by atoms with Crippen LogP contribution in [0.3, 0.4) is 0 Å². The number of aryl methyl sites for hydroxylation is 1. The largest absolute Gasteiger partial charge is 0.507 e. The Morgan fingerprint density at radius 3 is 2.73 bits per heavy atom. The van der Waals surface area contributed by atoms with Gasteiger partial charge in [0.25, 0.3) is 0 Å². The Bertz CT molecular complexity index is 292. The number of benzene rings is 1. The topological polar surface area (TPSA) is 20.2 Å². The van der Waals surface area contributed by atoms with Gasteiger partial charge in [0.1, 0.15) is 11.6 Å². The minimum absolute atomic E-state index is 0.0684. The molecule has 58 valence electrons. The van der Waals surface area contributed by atoms with Gasteiger partial charge in [-0.05, 0) is 24.6 Å². The van der Waals surface area contributed by atoms with E-state index in [-0.39, 0.29) is 11.6 Å². The molecule has 11 heavy (non-hydrogen) atoms. The van der Waals surface area contributed by atoms with E-state index in [9.17, 15) is 9.50 Å². The minimum atomic E-state index is -0.322. The van der Waals surface area contributed by atoms with E-state index >= 15 is 0 Å². The van der Waals surface area contributed by atoms with Gasteiger partial charge in [0.15, 0.2) is 0 Å². The normalized spacial score (nSPS) is 9.64. The summed E-state index contributed by atoms with van der Waals surface area (Å²) < 4.78 is 12.8. The van der Waals surface area contributed by atoms with Crippen molar-refractivity contribution < 1.29 is 9.50 Å². The highest BCUT2D eigenvalue weighted by Crippen LogP contribution is 2.21. The molecule has 1 N–H and O–H groups in total. The Kier molecular flexibility index (Phi) is 1.94. The van der Waals surface area contributed by atoms with Crippen LogP contribution in [-0.2, 0) is 0 Å². The van der Waals surface area contributed by atoms with E-state index in [4.69, 9.17) is 0 Å². The first-order valence-corrected chi connectivity index (χ1v) is 3.26. The van der Waals surface area contributed by atoms with Gasteiger partial charge in [0.05, 0.1) is 0 Å². The van der Waals surface area contributed by atoms with E-state index in [1.807, 2.05) is 0 Å². The van der Waals surface area contributed by atoms with Crippen LogP contribution in [0.25, 0.3) is 6.08 Å². The molecule has 0 saturated carbocycles. The van der Waals surface area contributed by atoms with E-state index in [0.717, 1.165) is 0 Å². The minimum Gasteiger partial charge on any atom is -0.507 e. The van der Waals surface area contributed by atoms with Crippen molar-refractivity contribution in [2.75, 3.05) is 0 Å². The molecule has 0 spiro atoms. The van der Waals surface area contributed by atoms with Crippen molar-refractivity contribution in [3.05, 3.63) is 35.7 Å². The summed E-state index contributed by atoms with van der Waals surface area (Å²) in [5.74, 6) is -0.253. The number of halogens is 1. The molecule has 0 bridgehead atoms. The number of rotatable bonds is 1. The smallest absolute Gasteiger partial charge is 0.126 e. The van der Waals surface area contributed by atoms with Crippen LogP contribution in [0, 0.1) is 12.7 Å². The Morgan fingerprint density at radius 2 is 2.18 bits per heavy atom. The number of phenolic OH excluding ortho intramolecular Hbond substituents is 1. The monoisotopic (exact) mass is 152 g/mol. The van der Waals surface area contributed by atoms with Crippen molar-refractivity contribution in [1.29, 1.82) is 0 Å². The van der Waals surface area contributed by atoms with Gasteiger partial charge in [-0.1, -0.05) is 12.7 Å². The third-order valence-corrected chi connectivity index (χ3v) is 1.53. The molecule has 0 heterocycles. The highest BCUT2D eigenvalue weighted by atomic mass is 19.1. The maximum absolute atomic E-state index is 12.8. The molecule has 0 amide bonds. The van der Waals surface area contributed by atoms with Crippen LogP contribution in [0.2, 0.25) is 0 Å². The molecule has 0 atom stereocenters. The van der Waals surface area contributed by atoms with Crippen molar-refractivity contribution in [3.8, 4) is 5.75 Å². The van der Waals surface area contributed by atoms with Gasteiger partial charge in [-0.25, -0.2) is 4.39 Å².